The molecule has 1 atom stereocenters. The number of anilines is 2. The normalized spacial score (nSPS) is 17.0. The smallest absolute Gasteiger partial charge is 0.229 e. The van der Waals surface area contributed by atoms with E-state index in [-0.39, 0.29) is 24.2 Å². The molecule has 4 heteroatoms. The average Bonchev–Trinajstić information content (AvgIpc) is 2.99. The minimum Gasteiger partial charge on any atom is -0.325 e. The SMILES string of the molecule is CCc1cccc(C)c1NC(=O)[C@@H]1CC(=O)N(c2ccc(C)cc2)C1. The number of carbonyl (C=O) groups is 2. The minimum absolute atomic E-state index is 0.00417. The standard InChI is InChI=1S/C21H24N2O2/c1-4-16-7-5-6-15(3)20(16)22-21(25)17-12-19(24)23(13-17)18-10-8-14(2)9-11-18/h5-11,17H,4,12-13H2,1-3H3,(H,22,25)/t17-/m1/s1. The Kier molecular flexibility index (Phi) is 4.88. The molecular formula is C21H24N2O2. The Balaban J connectivity index is 1.74. The van der Waals surface area contributed by atoms with Gasteiger partial charge >= 0.3 is 0 Å². The van der Waals surface area contributed by atoms with Gasteiger partial charge in [0.15, 0.2) is 0 Å². The van der Waals surface area contributed by atoms with Gasteiger partial charge in [-0.05, 0) is 43.5 Å². The molecule has 0 radical (unpaired) electrons. The summed E-state index contributed by atoms with van der Waals surface area (Å²) in [6, 6.07) is 13.9. The second kappa shape index (κ2) is 7.09. The van der Waals surface area contributed by atoms with Crippen LogP contribution in [0.3, 0.4) is 0 Å². The topological polar surface area (TPSA) is 49.4 Å². The van der Waals surface area contributed by atoms with Crippen molar-refractivity contribution in [2.75, 3.05) is 16.8 Å². The van der Waals surface area contributed by atoms with Crippen LogP contribution in [-0.4, -0.2) is 18.4 Å². The Morgan fingerprint density at radius 3 is 2.56 bits per heavy atom. The summed E-state index contributed by atoms with van der Waals surface area (Å²) in [5.74, 6) is -0.394. The number of nitrogens with one attached hydrogen (secondary N) is 1. The van der Waals surface area contributed by atoms with Crippen LogP contribution in [0, 0.1) is 19.8 Å². The van der Waals surface area contributed by atoms with Crippen molar-refractivity contribution in [3.63, 3.8) is 0 Å². The molecule has 4 nitrogen and oxygen atoms in total. The lowest BCUT2D eigenvalue weighted by Gasteiger charge is -2.18. The van der Waals surface area contributed by atoms with Crippen molar-refractivity contribution in [2.24, 2.45) is 5.92 Å². The van der Waals surface area contributed by atoms with E-state index >= 15 is 0 Å². The maximum atomic E-state index is 12.7. The number of carbonyl (C=O) groups excluding carboxylic acids is 2. The lowest BCUT2D eigenvalue weighted by Crippen LogP contribution is -2.28. The van der Waals surface area contributed by atoms with Crippen LogP contribution in [0.1, 0.15) is 30.0 Å². The van der Waals surface area contributed by atoms with Gasteiger partial charge in [0.25, 0.3) is 0 Å². The molecule has 1 aliphatic heterocycles. The Morgan fingerprint density at radius 2 is 1.88 bits per heavy atom. The third kappa shape index (κ3) is 3.58. The molecule has 1 heterocycles. The summed E-state index contributed by atoms with van der Waals surface area (Å²) in [5.41, 5.74) is 5.06. The fourth-order valence-electron chi connectivity index (χ4n) is 3.28. The zero-order chi connectivity index (χ0) is 18.0. The Morgan fingerprint density at radius 1 is 1.16 bits per heavy atom. The monoisotopic (exact) mass is 336 g/mol. The van der Waals surface area contributed by atoms with Crippen molar-refractivity contribution in [1.29, 1.82) is 0 Å². The zero-order valence-electron chi connectivity index (χ0n) is 15.0. The lowest BCUT2D eigenvalue weighted by molar-refractivity contribution is -0.122. The molecule has 2 aromatic rings. The van der Waals surface area contributed by atoms with Crippen molar-refractivity contribution < 1.29 is 9.59 Å². The summed E-state index contributed by atoms with van der Waals surface area (Å²) >= 11 is 0. The highest BCUT2D eigenvalue weighted by Gasteiger charge is 2.35. The quantitative estimate of drug-likeness (QED) is 0.922. The summed E-state index contributed by atoms with van der Waals surface area (Å²) in [4.78, 5) is 26.8. The van der Waals surface area contributed by atoms with Crippen LogP contribution in [0.2, 0.25) is 0 Å². The van der Waals surface area contributed by atoms with Gasteiger partial charge in [0, 0.05) is 24.3 Å². The largest absolute Gasteiger partial charge is 0.325 e. The summed E-state index contributed by atoms with van der Waals surface area (Å²) in [5, 5.41) is 3.06. The molecular weight excluding hydrogens is 312 g/mol. The molecule has 130 valence electrons. The van der Waals surface area contributed by atoms with Crippen LogP contribution in [-0.2, 0) is 16.0 Å². The number of benzene rings is 2. The first-order valence-electron chi connectivity index (χ1n) is 8.76. The van der Waals surface area contributed by atoms with E-state index in [0.717, 1.165) is 34.5 Å². The number of amides is 2. The maximum Gasteiger partial charge on any atom is 0.229 e. The molecule has 0 bridgehead atoms. The molecule has 0 saturated carbocycles. The maximum absolute atomic E-state index is 12.7. The highest BCUT2D eigenvalue weighted by Crippen LogP contribution is 2.28. The van der Waals surface area contributed by atoms with E-state index < -0.39 is 0 Å². The van der Waals surface area contributed by atoms with Crippen LogP contribution in [0.4, 0.5) is 11.4 Å². The van der Waals surface area contributed by atoms with Crippen LogP contribution >= 0.6 is 0 Å². The number of aryl methyl sites for hydroxylation is 3. The molecule has 2 aromatic carbocycles. The van der Waals surface area contributed by atoms with E-state index in [9.17, 15) is 9.59 Å². The van der Waals surface area contributed by atoms with Crippen LogP contribution < -0.4 is 10.2 Å². The first-order valence-corrected chi connectivity index (χ1v) is 8.76. The third-order valence-electron chi connectivity index (χ3n) is 4.83. The molecule has 1 fully saturated rings. The highest BCUT2D eigenvalue weighted by molar-refractivity contribution is 6.03. The van der Waals surface area contributed by atoms with Gasteiger partial charge < -0.3 is 10.2 Å². The molecule has 2 amide bonds. The fourth-order valence-corrected chi connectivity index (χ4v) is 3.28. The Labute approximate surface area is 148 Å². The summed E-state index contributed by atoms with van der Waals surface area (Å²) < 4.78 is 0. The third-order valence-corrected chi connectivity index (χ3v) is 4.83. The molecule has 0 aliphatic carbocycles. The lowest BCUT2D eigenvalue weighted by atomic mass is 10.0. The second-order valence-electron chi connectivity index (χ2n) is 6.69. The number of hydrogen-bond donors (Lipinski definition) is 1. The summed E-state index contributed by atoms with van der Waals surface area (Å²) in [6.45, 7) is 6.51. The van der Waals surface area contributed by atoms with E-state index in [0.29, 0.717) is 6.54 Å². The van der Waals surface area contributed by atoms with Gasteiger partial charge in [-0.2, -0.15) is 0 Å². The predicted octanol–water partition coefficient (Wildman–Crippen LogP) is 3.86. The molecule has 0 aromatic heterocycles. The minimum atomic E-state index is -0.321. The van der Waals surface area contributed by atoms with Gasteiger partial charge in [-0.25, -0.2) is 0 Å². The molecule has 0 unspecified atom stereocenters. The van der Waals surface area contributed by atoms with Gasteiger partial charge in [-0.15, -0.1) is 0 Å². The van der Waals surface area contributed by atoms with Gasteiger partial charge in [0.05, 0.1) is 5.92 Å². The van der Waals surface area contributed by atoms with Crippen LogP contribution in [0.5, 0.6) is 0 Å². The number of para-hydroxylation sites is 1. The second-order valence-corrected chi connectivity index (χ2v) is 6.69. The van der Waals surface area contributed by atoms with Crippen LogP contribution in [0.25, 0.3) is 0 Å². The zero-order valence-corrected chi connectivity index (χ0v) is 15.0. The first kappa shape index (κ1) is 17.2. The van der Waals surface area contributed by atoms with E-state index in [4.69, 9.17) is 0 Å². The fraction of sp³-hybridized carbons (Fsp3) is 0.333. The van der Waals surface area contributed by atoms with Crippen LogP contribution in [0.15, 0.2) is 42.5 Å². The van der Waals surface area contributed by atoms with E-state index in [2.05, 4.69) is 12.2 Å². The van der Waals surface area contributed by atoms with Gasteiger partial charge in [-0.3, -0.25) is 9.59 Å². The predicted molar refractivity (Wildman–Crippen MR) is 101 cm³/mol. The van der Waals surface area contributed by atoms with E-state index in [1.807, 2.05) is 56.3 Å². The highest BCUT2D eigenvalue weighted by atomic mass is 16.2. The summed E-state index contributed by atoms with van der Waals surface area (Å²) in [7, 11) is 0. The Bertz CT molecular complexity index is 796. The molecule has 0 spiro atoms. The van der Waals surface area contributed by atoms with Gasteiger partial charge in [0.2, 0.25) is 11.8 Å². The van der Waals surface area contributed by atoms with Gasteiger partial charge in [0.1, 0.15) is 0 Å². The molecule has 3 rings (SSSR count). The number of hydrogen-bond acceptors (Lipinski definition) is 2. The van der Waals surface area contributed by atoms with Crippen molar-refractivity contribution >= 4 is 23.2 Å². The van der Waals surface area contributed by atoms with Crippen molar-refractivity contribution in [3.8, 4) is 0 Å². The number of rotatable bonds is 4. The Hall–Kier alpha value is -2.62. The first-order chi connectivity index (χ1) is 12.0. The summed E-state index contributed by atoms with van der Waals surface area (Å²) in [6.07, 6.45) is 1.11. The molecule has 1 N–H and O–H groups in total. The van der Waals surface area contributed by atoms with Crippen molar-refractivity contribution in [3.05, 3.63) is 59.2 Å². The van der Waals surface area contributed by atoms with E-state index in [1.165, 1.54) is 0 Å². The van der Waals surface area contributed by atoms with Crippen molar-refractivity contribution in [2.45, 2.75) is 33.6 Å². The van der Waals surface area contributed by atoms with E-state index in [1.54, 1.807) is 4.90 Å². The van der Waals surface area contributed by atoms with Crippen molar-refractivity contribution in [1.82, 2.24) is 0 Å². The molecule has 1 aliphatic rings. The van der Waals surface area contributed by atoms with Gasteiger partial charge in [-0.1, -0.05) is 42.8 Å². The molecule has 25 heavy (non-hydrogen) atoms. The average molecular weight is 336 g/mol. The number of nitrogens with zero attached hydrogens (tertiary/aromatic N) is 1. The molecule has 1 saturated heterocycles.